The number of ether oxygens (including phenoxy) is 1. The maximum absolute atomic E-state index is 12.8. The minimum Gasteiger partial charge on any atom is -0.492 e. The summed E-state index contributed by atoms with van der Waals surface area (Å²) in [6.45, 7) is 1.54. The number of hydrogen-bond donors (Lipinski definition) is 2. The molecule has 0 spiro atoms. The highest BCUT2D eigenvalue weighted by molar-refractivity contribution is 7.89. The molecule has 0 bridgehead atoms. The molecule has 0 unspecified atom stereocenters. The Labute approximate surface area is 211 Å². The van der Waals surface area contributed by atoms with E-state index in [1.165, 1.54) is 16.4 Å². The first-order valence-corrected chi connectivity index (χ1v) is 13.3. The fourth-order valence-electron chi connectivity index (χ4n) is 3.82. The van der Waals surface area contributed by atoms with Crippen molar-refractivity contribution >= 4 is 38.9 Å². The van der Waals surface area contributed by atoms with Crippen molar-refractivity contribution in [2.24, 2.45) is 0 Å². The van der Waals surface area contributed by atoms with Crippen molar-refractivity contribution in [2.75, 3.05) is 25.0 Å². The summed E-state index contributed by atoms with van der Waals surface area (Å²) < 4.78 is 32.7. The molecule has 182 valence electrons. The zero-order valence-electron chi connectivity index (χ0n) is 19.1. The van der Waals surface area contributed by atoms with Gasteiger partial charge >= 0.3 is 0 Å². The molecule has 0 aromatic heterocycles. The summed E-state index contributed by atoms with van der Waals surface area (Å²) in [4.78, 5) is 13.1. The quantitative estimate of drug-likeness (QED) is 0.442. The number of benzene rings is 3. The smallest absolute Gasteiger partial charge is 0.261 e. The molecule has 1 heterocycles. The lowest BCUT2D eigenvalue weighted by molar-refractivity contribution is 0.0974. The Morgan fingerprint density at radius 2 is 1.57 bits per heavy atom. The Morgan fingerprint density at radius 3 is 2.29 bits per heavy atom. The Balaban J connectivity index is 1.33. The number of hydrogen-bond acceptors (Lipinski definition) is 5. The molecule has 0 saturated carbocycles. The predicted molar refractivity (Wildman–Crippen MR) is 140 cm³/mol. The van der Waals surface area contributed by atoms with Crippen LogP contribution < -0.4 is 15.4 Å². The number of carbonyl (C=O) groups excluding carboxylic acids is 1. The van der Waals surface area contributed by atoms with Crippen LogP contribution in [0.2, 0.25) is 0 Å². The van der Waals surface area contributed by atoms with E-state index in [1.807, 2.05) is 36.4 Å². The third-order valence-electron chi connectivity index (χ3n) is 5.66. The molecule has 7 nitrogen and oxygen atoms in total. The van der Waals surface area contributed by atoms with Crippen LogP contribution in [0.15, 0.2) is 83.8 Å². The van der Waals surface area contributed by atoms with Gasteiger partial charge in [0.25, 0.3) is 5.91 Å². The molecule has 0 radical (unpaired) electrons. The molecule has 2 N–H and O–H groups in total. The summed E-state index contributed by atoms with van der Waals surface area (Å²) in [5.41, 5.74) is 2.10. The van der Waals surface area contributed by atoms with E-state index in [9.17, 15) is 13.2 Å². The second-order valence-electron chi connectivity index (χ2n) is 8.12. The highest BCUT2D eigenvalue weighted by Gasteiger charge is 2.27. The minimum absolute atomic E-state index is 0.101. The summed E-state index contributed by atoms with van der Waals surface area (Å²) in [6.07, 6.45) is 2.49. The van der Waals surface area contributed by atoms with E-state index in [1.54, 1.807) is 30.3 Å². The number of thiocarbonyl (C=S) groups is 1. The summed E-state index contributed by atoms with van der Waals surface area (Å²) in [5, 5.41) is 5.68. The Kier molecular flexibility index (Phi) is 8.12. The van der Waals surface area contributed by atoms with Gasteiger partial charge in [0.2, 0.25) is 10.0 Å². The average Bonchev–Trinajstić information content (AvgIpc) is 3.41. The summed E-state index contributed by atoms with van der Waals surface area (Å²) in [5.74, 6) is 0.0752. The number of rotatable bonds is 8. The number of sulfonamides is 1. The standard InChI is InChI=1S/C26H27N3O4S2/c30-25(23-10-4-5-11-24(23)33-19-16-20-8-2-1-3-9-20)28-26(34)27-21-12-14-22(15-13-21)35(31,32)29-17-6-7-18-29/h1-5,8-15H,6-7,16-19H2,(H2,27,28,30,34). The van der Waals surface area contributed by atoms with Crippen LogP contribution in [-0.2, 0) is 16.4 Å². The second-order valence-corrected chi connectivity index (χ2v) is 10.5. The molecule has 1 aliphatic heterocycles. The molecule has 35 heavy (non-hydrogen) atoms. The first-order chi connectivity index (χ1) is 16.9. The fraction of sp³-hybridized carbons (Fsp3) is 0.231. The summed E-state index contributed by atoms with van der Waals surface area (Å²) in [7, 11) is -3.48. The van der Waals surface area contributed by atoms with Gasteiger partial charge in [-0.3, -0.25) is 10.1 Å². The van der Waals surface area contributed by atoms with E-state index >= 15 is 0 Å². The molecule has 1 amide bonds. The zero-order chi connectivity index (χ0) is 24.7. The van der Waals surface area contributed by atoms with Gasteiger partial charge in [-0.05, 0) is 67.0 Å². The predicted octanol–water partition coefficient (Wildman–Crippen LogP) is 4.22. The van der Waals surface area contributed by atoms with Crippen LogP contribution in [-0.4, -0.2) is 43.4 Å². The van der Waals surface area contributed by atoms with Gasteiger partial charge in [-0.25, -0.2) is 8.42 Å². The van der Waals surface area contributed by atoms with Gasteiger partial charge in [0.15, 0.2) is 5.11 Å². The molecule has 4 rings (SSSR count). The number of carbonyl (C=O) groups is 1. The molecule has 0 atom stereocenters. The monoisotopic (exact) mass is 509 g/mol. The van der Waals surface area contributed by atoms with Crippen molar-refractivity contribution in [3.63, 3.8) is 0 Å². The van der Waals surface area contributed by atoms with E-state index in [0.29, 0.717) is 36.7 Å². The van der Waals surface area contributed by atoms with E-state index in [-0.39, 0.29) is 10.0 Å². The topological polar surface area (TPSA) is 87.7 Å². The highest BCUT2D eigenvalue weighted by atomic mass is 32.2. The summed E-state index contributed by atoms with van der Waals surface area (Å²) >= 11 is 5.29. The third kappa shape index (κ3) is 6.45. The zero-order valence-corrected chi connectivity index (χ0v) is 20.8. The van der Waals surface area contributed by atoms with Crippen LogP contribution in [0.4, 0.5) is 5.69 Å². The van der Waals surface area contributed by atoms with Crippen molar-refractivity contribution in [3.8, 4) is 5.75 Å². The Hall–Kier alpha value is -3.27. The van der Waals surface area contributed by atoms with Crippen molar-refractivity contribution in [1.29, 1.82) is 0 Å². The van der Waals surface area contributed by atoms with Crippen LogP contribution in [0.1, 0.15) is 28.8 Å². The molecule has 0 aliphatic carbocycles. The van der Waals surface area contributed by atoms with Gasteiger partial charge < -0.3 is 10.1 Å². The van der Waals surface area contributed by atoms with Crippen molar-refractivity contribution in [2.45, 2.75) is 24.2 Å². The van der Waals surface area contributed by atoms with Crippen LogP contribution in [0.25, 0.3) is 0 Å². The average molecular weight is 510 g/mol. The first kappa shape index (κ1) is 24.8. The highest BCUT2D eigenvalue weighted by Crippen LogP contribution is 2.22. The van der Waals surface area contributed by atoms with Crippen LogP contribution in [0.3, 0.4) is 0 Å². The van der Waals surface area contributed by atoms with E-state index in [2.05, 4.69) is 10.6 Å². The first-order valence-electron chi connectivity index (χ1n) is 11.4. The minimum atomic E-state index is -3.48. The van der Waals surface area contributed by atoms with Gasteiger partial charge in [-0.15, -0.1) is 0 Å². The largest absolute Gasteiger partial charge is 0.492 e. The molecule has 9 heteroatoms. The number of anilines is 1. The molecular weight excluding hydrogens is 482 g/mol. The van der Waals surface area contributed by atoms with Crippen LogP contribution in [0.5, 0.6) is 5.75 Å². The van der Waals surface area contributed by atoms with Gasteiger partial charge in [-0.2, -0.15) is 4.31 Å². The Morgan fingerprint density at radius 1 is 0.914 bits per heavy atom. The van der Waals surface area contributed by atoms with Crippen molar-refractivity contribution < 1.29 is 17.9 Å². The maximum Gasteiger partial charge on any atom is 0.261 e. The molecule has 1 fully saturated rings. The lowest BCUT2D eigenvalue weighted by Gasteiger charge is -2.16. The SMILES string of the molecule is O=C(NC(=S)Nc1ccc(S(=O)(=O)N2CCCC2)cc1)c1ccccc1OCCc1ccccc1. The van der Waals surface area contributed by atoms with Gasteiger partial charge in [0.05, 0.1) is 17.1 Å². The number of nitrogens with zero attached hydrogens (tertiary/aromatic N) is 1. The van der Waals surface area contributed by atoms with E-state index in [0.717, 1.165) is 24.8 Å². The third-order valence-corrected chi connectivity index (χ3v) is 7.78. The molecule has 1 saturated heterocycles. The number of amides is 1. The van der Waals surface area contributed by atoms with E-state index in [4.69, 9.17) is 17.0 Å². The molecular formula is C26H27N3O4S2. The van der Waals surface area contributed by atoms with Crippen molar-refractivity contribution in [3.05, 3.63) is 90.0 Å². The van der Waals surface area contributed by atoms with Gasteiger partial charge in [0, 0.05) is 25.2 Å². The normalized spacial score (nSPS) is 13.8. The molecule has 1 aliphatic rings. The second kappa shape index (κ2) is 11.4. The van der Waals surface area contributed by atoms with E-state index < -0.39 is 15.9 Å². The lowest BCUT2D eigenvalue weighted by Crippen LogP contribution is -2.34. The molecule has 3 aromatic rings. The van der Waals surface area contributed by atoms with Crippen LogP contribution in [0, 0.1) is 0 Å². The maximum atomic E-state index is 12.8. The fourth-order valence-corrected chi connectivity index (χ4v) is 5.55. The van der Waals surface area contributed by atoms with Gasteiger partial charge in [0.1, 0.15) is 5.75 Å². The lowest BCUT2D eigenvalue weighted by atomic mass is 10.1. The number of nitrogens with one attached hydrogen (secondary N) is 2. The summed E-state index contributed by atoms with van der Waals surface area (Å²) in [6, 6.07) is 23.3. The molecule has 3 aromatic carbocycles. The number of para-hydroxylation sites is 1. The van der Waals surface area contributed by atoms with Gasteiger partial charge in [-0.1, -0.05) is 42.5 Å². The Bertz CT molecular complexity index is 1270. The van der Waals surface area contributed by atoms with Crippen molar-refractivity contribution in [1.82, 2.24) is 9.62 Å². The van der Waals surface area contributed by atoms with Crippen LogP contribution >= 0.6 is 12.2 Å².